The van der Waals surface area contributed by atoms with Gasteiger partial charge in [-0.15, -0.1) is 0 Å². The van der Waals surface area contributed by atoms with Crippen molar-refractivity contribution in [2.45, 2.75) is 57.2 Å². The number of likely N-dealkylation sites (tertiary alicyclic amines) is 1. The van der Waals surface area contributed by atoms with Crippen molar-refractivity contribution in [1.29, 1.82) is 0 Å². The molecule has 3 rings (SSSR count). The largest absolute Gasteiger partial charge is 0.368 e. The standard InChI is InChI=1S/C19H29N3O2/c1-21(15-16-7-2-4-11-20-16)17-8-6-12-22(13-10-17)19(23)18-9-3-5-14-24-18/h2,4,7,11,17-18H,3,5-6,8-10,12-15H2,1H3/t17-,18+/m0/s1. The number of amides is 1. The summed E-state index contributed by atoms with van der Waals surface area (Å²) in [7, 11) is 2.17. The maximum atomic E-state index is 12.7. The lowest BCUT2D eigenvalue weighted by Gasteiger charge is -2.29. The van der Waals surface area contributed by atoms with Crippen LogP contribution in [0.1, 0.15) is 44.2 Å². The molecule has 0 spiro atoms. The van der Waals surface area contributed by atoms with Crippen LogP contribution in [0.5, 0.6) is 0 Å². The first-order chi connectivity index (χ1) is 11.7. The molecule has 1 amide bonds. The number of pyridine rings is 1. The molecule has 2 saturated heterocycles. The normalized spacial score (nSPS) is 25.5. The van der Waals surface area contributed by atoms with Crippen LogP contribution in [0, 0.1) is 0 Å². The summed E-state index contributed by atoms with van der Waals surface area (Å²) in [5.74, 6) is 0.211. The van der Waals surface area contributed by atoms with E-state index in [1.54, 1.807) is 0 Å². The molecular formula is C19H29N3O2. The molecule has 0 unspecified atom stereocenters. The minimum absolute atomic E-state index is 0.193. The van der Waals surface area contributed by atoms with E-state index < -0.39 is 0 Å². The second-order valence-electron chi connectivity index (χ2n) is 7.00. The van der Waals surface area contributed by atoms with E-state index in [9.17, 15) is 4.79 Å². The second-order valence-corrected chi connectivity index (χ2v) is 7.00. The average molecular weight is 331 g/mol. The van der Waals surface area contributed by atoms with Crippen LogP contribution in [0.3, 0.4) is 0 Å². The van der Waals surface area contributed by atoms with Gasteiger partial charge in [0.05, 0.1) is 5.69 Å². The maximum absolute atomic E-state index is 12.7. The second kappa shape index (κ2) is 8.58. The van der Waals surface area contributed by atoms with Gasteiger partial charge in [0.15, 0.2) is 0 Å². The van der Waals surface area contributed by atoms with Gasteiger partial charge in [0.25, 0.3) is 5.91 Å². The number of carbonyl (C=O) groups excluding carboxylic acids is 1. The molecule has 5 nitrogen and oxygen atoms in total. The molecule has 2 aliphatic heterocycles. The third-order valence-electron chi connectivity index (χ3n) is 5.23. The predicted molar refractivity (Wildman–Crippen MR) is 93.5 cm³/mol. The number of nitrogens with zero attached hydrogens (tertiary/aromatic N) is 3. The van der Waals surface area contributed by atoms with Crippen molar-refractivity contribution in [3.05, 3.63) is 30.1 Å². The van der Waals surface area contributed by atoms with Crippen molar-refractivity contribution in [2.24, 2.45) is 0 Å². The Morgan fingerprint density at radius 1 is 1.25 bits per heavy atom. The van der Waals surface area contributed by atoms with Crippen LogP contribution in [0.4, 0.5) is 0 Å². The first kappa shape index (κ1) is 17.4. The molecule has 3 heterocycles. The highest BCUT2D eigenvalue weighted by Gasteiger charge is 2.29. The summed E-state index contributed by atoms with van der Waals surface area (Å²) in [5, 5.41) is 0. The lowest BCUT2D eigenvalue weighted by molar-refractivity contribution is -0.146. The molecule has 2 fully saturated rings. The van der Waals surface area contributed by atoms with E-state index in [-0.39, 0.29) is 12.0 Å². The molecule has 0 radical (unpaired) electrons. The fourth-order valence-corrected chi connectivity index (χ4v) is 3.76. The minimum atomic E-state index is -0.193. The van der Waals surface area contributed by atoms with Crippen LogP contribution in [0.25, 0.3) is 0 Å². The summed E-state index contributed by atoms with van der Waals surface area (Å²) >= 11 is 0. The Morgan fingerprint density at radius 2 is 2.17 bits per heavy atom. The SMILES string of the molecule is CN(Cc1ccccn1)[C@H]1CCCN(C(=O)[C@H]2CCCCO2)CC1. The van der Waals surface area contributed by atoms with Gasteiger partial charge in [0.2, 0.25) is 0 Å². The zero-order valence-corrected chi connectivity index (χ0v) is 14.7. The van der Waals surface area contributed by atoms with Crippen LogP contribution in [0.15, 0.2) is 24.4 Å². The Bertz CT molecular complexity index is 517. The summed E-state index contributed by atoms with van der Waals surface area (Å²) in [6.45, 7) is 3.31. The molecule has 132 valence electrons. The molecule has 0 aromatic carbocycles. The van der Waals surface area contributed by atoms with Crippen LogP contribution in [-0.2, 0) is 16.1 Å². The van der Waals surface area contributed by atoms with E-state index in [0.29, 0.717) is 6.04 Å². The lowest BCUT2D eigenvalue weighted by Crippen LogP contribution is -2.42. The maximum Gasteiger partial charge on any atom is 0.251 e. The summed E-state index contributed by atoms with van der Waals surface area (Å²) in [4.78, 5) is 21.5. The van der Waals surface area contributed by atoms with Gasteiger partial charge in [-0.3, -0.25) is 14.7 Å². The van der Waals surface area contributed by atoms with Crippen molar-refractivity contribution in [3.8, 4) is 0 Å². The van der Waals surface area contributed by atoms with Gasteiger partial charge in [-0.1, -0.05) is 6.07 Å². The topological polar surface area (TPSA) is 45.7 Å². The highest BCUT2D eigenvalue weighted by molar-refractivity contribution is 5.81. The van der Waals surface area contributed by atoms with Gasteiger partial charge < -0.3 is 9.64 Å². The van der Waals surface area contributed by atoms with E-state index in [4.69, 9.17) is 4.74 Å². The van der Waals surface area contributed by atoms with Gasteiger partial charge in [-0.25, -0.2) is 0 Å². The number of rotatable bonds is 4. The van der Waals surface area contributed by atoms with Crippen LogP contribution >= 0.6 is 0 Å². The van der Waals surface area contributed by atoms with E-state index in [0.717, 1.165) is 70.5 Å². The monoisotopic (exact) mass is 331 g/mol. The minimum Gasteiger partial charge on any atom is -0.368 e. The third-order valence-corrected chi connectivity index (χ3v) is 5.23. The van der Waals surface area contributed by atoms with Crippen molar-refractivity contribution in [1.82, 2.24) is 14.8 Å². The average Bonchev–Trinajstić information content (AvgIpc) is 2.89. The van der Waals surface area contributed by atoms with E-state index in [2.05, 4.69) is 23.0 Å². The van der Waals surface area contributed by atoms with Crippen molar-refractivity contribution < 1.29 is 9.53 Å². The van der Waals surface area contributed by atoms with Gasteiger partial charge in [-0.2, -0.15) is 0 Å². The van der Waals surface area contributed by atoms with Gasteiger partial charge in [0.1, 0.15) is 6.10 Å². The fourth-order valence-electron chi connectivity index (χ4n) is 3.76. The molecule has 1 aromatic heterocycles. The Morgan fingerprint density at radius 3 is 2.92 bits per heavy atom. The van der Waals surface area contributed by atoms with Crippen LogP contribution in [0.2, 0.25) is 0 Å². The molecule has 24 heavy (non-hydrogen) atoms. The molecule has 0 N–H and O–H groups in total. The third kappa shape index (κ3) is 4.54. The molecule has 1 aromatic rings. The molecule has 0 saturated carbocycles. The first-order valence-electron chi connectivity index (χ1n) is 9.24. The smallest absolute Gasteiger partial charge is 0.251 e. The molecule has 0 aliphatic carbocycles. The van der Waals surface area contributed by atoms with E-state index in [1.165, 1.54) is 0 Å². The van der Waals surface area contributed by atoms with Crippen LogP contribution < -0.4 is 0 Å². The zero-order valence-electron chi connectivity index (χ0n) is 14.7. The Labute approximate surface area is 145 Å². The van der Waals surface area contributed by atoms with Crippen molar-refractivity contribution in [2.75, 3.05) is 26.7 Å². The van der Waals surface area contributed by atoms with E-state index >= 15 is 0 Å². The molecule has 2 atom stereocenters. The van der Waals surface area contributed by atoms with Crippen LogP contribution in [-0.4, -0.2) is 59.6 Å². The molecule has 5 heteroatoms. The van der Waals surface area contributed by atoms with Gasteiger partial charge in [0, 0.05) is 38.5 Å². The number of carbonyl (C=O) groups is 1. The highest BCUT2D eigenvalue weighted by atomic mass is 16.5. The van der Waals surface area contributed by atoms with Gasteiger partial charge >= 0.3 is 0 Å². The Hall–Kier alpha value is -1.46. The Balaban J connectivity index is 1.51. The quantitative estimate of drug-likeness (QED) is 0.850. The first-order valence-corrected chi connectivity index (χ1v) is 9.24. The number of hydrogen-bond donors (Lipinski definition) is 0. The predicted octanol–water partition coefficient (Wildman–Crippen LogP) is 2.46. The van der Waals surface area contributed by atoms with Gasteiger partial charge in [-0.05, 0) is 57.7 Å². The molecule has 2 aliphatic rings. The lowest BCUT2D eigenvalue weighted by atomic mass is 10.1. The Kier molecular flexibility index (Phi) is 6.21. The number of aromatic nitrogens is 1. The molecule has 0 bridgehead atoms. The zero-order chi connectivity index (χ0) is 16.8. The summed E-state index contributed by atoms with van der Waals surface area (Å²) in [5.41, 5.74) is 1.10. The van der Waals surface area contributed by atoms with Crippen molar-refractivity contribution in [3.63, 3.8) is 0 Å². The van der Waals surface area contributed by atoms with Crippen molar-refractivity contribution >= 4 is 5.91 Å². The summed E-state index contributed by atoms with van der Waals surface area (Å²) in [6.07, 6.45) is 7.97. The molecular weight excluding hydrogens is 302 g/mol. The summed E-state index contributed by atoms with van der Waals surface area (Å²) in [6, 6.07) is 6.57. The number of hydrogen-bond acceptors (Lipinski definition) is 4. The van der Waals surface area contributed by atoms with E-state index in [1.807, 2.05) is 23.2 Å². The highest BCUT2D eigenvalue weighted by Crippen LogP contribution is 2.20. The summed E-state index contributed by atoms with van der Waals surface area (Å²) < 4.78 is 5.68. The number of ether oxygens (including phenoxy) is 1. The fraction of sp³-hybridized carbons (Fsp3) is 0.684.